The van der Waals surface area contributed by atoms with Crippen LogP contribution in [-0.4, -0.2) is 70.8 Å². The number of anilines is 2. The molecular formula is C36H42N4O7. The fraction of sp³-hybridized carbons (Fsp3) is 0.417. The van der Waals surface area contributed by atoms with E-state index >= 15 is 0 Å². The Balaban J connectivity index is 1.13. The number of benzene rings is 3. The summed E-state index contributed by atoms with van der Waals surface area (Å²) in [6.45, 7) is 2.70. The third-order valence-corrected chi connectivity index (χ3v) is 9.43. The predicted molar refractivity (Wildman–Crippen MR) is 175 cm³/mol. The van der Waals surface area contributed by atoms with Gasteiger partial charge in [0.25, 0.3) is 0 Å². The Morgan fingerprint density at radius 3 is 2.30 bits per heavy atom. The van der Waals surface area contributed by atoms with Crippen LogP contribution in [0, 0.1) is 0 Å². The zero-order valence-electron chi connectivity index (χ0n) is 26.3. The van der Waals surface area contributed by atoms with Crippen molar-refractivity contribution in [1.29, 1.82) is 0 Å². The summed E-state index contributed by atoms with van der Waals surface area (Å²) >= 11 is 0. The number of piperidine rings is 1. The molecule has 2 amide bonds. The van der Waals surface area contributed by atoms with Gasteiger partial charge >= 0.3 is 5.97 Å². The number of hydrogen-bond acceptors (Lipinski definition) is 8. The Morgan fingerprint density at radius 1 is 0.915 bits per heavy atom. The first-order valence-corrected chi connectivity index (χ1v) is 16.3. The maximum absolute atomic E-state index is 13.2. The molecule has 0 unspecified atom stereocenters. The molecule has 3 heterocycles. The normalized spacial score (nSPS) is 22.6. The fourth-order valence-electron chi connectivity index (χ4n) is 6.81. The molecule has 47 heavy (non-hydrogen) atoms. The van der Waals surface area contributed by atoms with Gasteiger partial charge in [-0.3, -0.25) is 14.4 Å². The number of carboxylic acids is 1. The summed E-state index contributed by atoms with van der Waals surface area (Å²) in [5, 5.41) is 24.2. The predicted octanol–water partition coefficient (Wildman–Crippen LogP) is 4.35. The Bertz CT molecular complexity index is 1530. The van der Waals surface area contributed by atoms with Gasteiger partial charge in [0.1, 0.15) is 5.54 Å². The highest BCUT2D eigenvalue weighted by Gasteiger charge is 2.50. The number of rotatable bonds is 11. The van der Waals surface area contributed by atoms with Gasteiger partial charge in [0, 0.05) is 55.8 Å². The number of hydrogen-bond donors (Lipinski definition) is 4. The fourth-order valence-corrected chi connectivity index (χ4v) is 6.81. The second-order valence-corrected chi connectivity index (χ2v) is 12.5. The standard InChI is InChI=1S/C36H42N4O7/c41-23-25-9-11-26(12-10-25)31-21-30(46-34(47-31)27-13-15-28(16-14-27)38-32(42)7-4-8-33(43)44)22-39-19-17-36(18-20-39)35(45)37-24-40(36)29-5-2-1-3-6-29/h1-3,5-6,9-16,30-31,34,41H,4,7-8,17-24H2,(H,37,45)(H,38,42)(H,43,44)/t30-,31+,34+/m1/s1. The summed E-state index contributed by atoms with van der Waals surface area (Å²) in [7, 11) is 0. The summed E-state index contributed by atoms with van der Waals surface area (Å²) in [5.74, 6) is -1.06. The lowest BCUT2D eigenvalue weighted by atomic mass is 9.85. The second kappa shape index (κ2) is 14.6. The van der Waals surface area contributed by atoms with Crippen molar-refractivity contribution in [3.8, 4) is 0 Å². The van der Waals surface area contributed by atoms with E-state index in [2.05, 4.69) is 32.6 Å². The lowest BCUT2D eigenvalue weighted by Crippen LogP contribution is -2.57. The number of aliphatic carboxylic acids is 1. The van der Waals surface area contributed by atoms with Gasteiger partial charge in [0.2, 0.25) is 11.8 Å². The number of likely N-dealkylation sites (tertiary alicyclic amines) is 1. The van der Waals surface area contributed by atoms with Gasteiger partial charge in [0.05, 0.1) is 25.5 Å². The van der Waals surface area contributed by atoms with E-state index in [0.29, 0.717) is 25.3 Å². The highest BCUT2D eigenvalue weighted by atomic mass is 16.7. The van der Waals surface area contributed by atoms with Crippen molar-refractivity contribution in [2.45, 2.75) is 69.2 Å². The molecule has 3 aromatic carbocycles. The van der Waals surface area contributed by atoms with Gasteiger partial charge in [-0.05, 0) is 54.7 Å². The number of amides is 2. The molecule has 11 heteroatoms. The van der Waals surface area contributed by atoms with Crippen LogP contribution >= 0.6 is 0 Å². The number of para-hydroxylation sites is 1. The zero-order valence-corrected chi connectivity index (χ0v) is 26.3. The van der Waals surface area contributed by atoms with Gasteiger partial charge < -0.3 is 40.1 Å². The number of ether oxygens (including phenoxy) is 2. The first-order chi connectivity index (χ1) is 22.8. The SMILES string of the molecule is O=C(O)CCCC(=O)Nc1ccc([C@H]2O[C@@H](CN3CCC4(CC3)C(=O)NCN4c3ccccc3)C[C@@H](c3ccc(CO)cc3)O2)cc1. The van der Waals surface area contributed by atoms with E-state index in [-0.39, 0.29) is 49.9 Å². The molecule has 0 aliphatic carbocycles. The van der Waals surface area contributed by atoms with E-state index in [1.54, 1.807) is 12.1 Å². The molecule has 0 saturated carbocycles. The van der Waals surface area contributed by atoms with Crippen molar-refractivity contribution in [3.63, 3.8) is 0 Å². The topological polar surface area (TPSA) is 141 Å². The smallest absolute Gasteiger partial charge is 0.303 e. The molecular weight excluding hydrogens is 600 g/mol. The minimum atomic E-state index is -0.921. The van der Waals surface area contributed by atoms with Crippen LogP contribution in [0.15, 0.2) is 78.9 Å². The van der Waals surface area contributed by atoms with Crippen LogP contribution in [0.25, 0.3) is 0 Å². The van der Waals surface area contributed by atoms with Crippen molar-refractivity contribution in [2.24, 2.45) is 0 Å². The maximum Gasteiger partial charge on any atom is 0.303 e. The average Bonchev–Trinajstić information content (AvgIpc) is 3.40. The molecule has 0 bridgehead atoms. The molecule has 3 atom stereocenters. The van der Waals surface area contributed by atoms with Crippen molar-refractivity contribution >= 4 is 29.2 Å². The van der Waals surface area contributed by atoms with Gasteiger partial charge in [-0.15, -0.1) is 0 Å². The van der Waals surface area contributed by atoms with Crippen molar-refractivity contribution in [2.75, 3.05) is 36.5 Å². The molecule has 6 rings (SSSR count). The Morgan fingerprint density at radius 2 is 1.62 bits per heavy atom. The Labute approximate surface area is 274 Å². The van der Waals surface area contributed by atoms with Gasteiger partial charge in [-0.1, -0.05) is 54.6 Å². The average molecular weight is 643 g/mol. The molecule has 3 saturated heterocycles. The van der Waals surface area contributed by atoms with Crippen molar-refractivity contribution in [1.82, 2.24) is 10.2 Å². The molecule has 1 spiro atoms. The van der Waals surface area contributed by atoms with Crippen LogP contribution < -0.4 is 15.5 Å². The zero-order chi connectivity index (χ0) is 32.8. The van der Waals surface area contributed by atoms with E-state index in [0.717, 1.165) is 48.3 Å². The van der Waals surface area contributed by atoms with E-state index in [4.69, 9.17) is 14.6 Å². The number of aliphatic hydroxyl groups is 1. The van der Waals surface area contributed by atoms with E-state index < -0.39 is 17.8 Å². The number of carbonyl (C=O) groups excluding carboxylic acids is 2. The summed E-state index contributed by atoms with van der Waals surface area (Å²) in [6.07, 6.45) is 1.45. The number of aliphatic hydroxyl groups excluding tert-OH is 1. The largest absolute Gasteiger partial charge is 0.481 e. The van der Waals surface area contributed by atoms with E-state index in [9.17, 15) is 19.5 Å². The highest BCUT2D eigenvalue weighted by molar-refractivity contribution is 5.93. The van der Waals surface area contributed by atoms with E-state index in [1.165, 1.54) is 0 Å². The van der Waals surface area contributed by atoms with Crippen molar-refractivity contribution in [3.05, 3.63) is 95.6 Å². The van der Waals surface area contributed by atoms with Gasteiger partial charge in [-0.25, -0.2) is 0 Å². The summed E-state index contributed by atoms with van der Waals surface area (Å²) in [5.41, 5.74) is 3.76. The minimum Gasteiger partial charge on any atom is -0.481 e. The molecule has 0 aromatic heterocycles. The number of carboxylic acid groups (broad SMARTS) is 1. The Kier molecular flexibility index (Phi) is 10.2. The van der Waals surface area contributed by atoms with Crippen LogP contribution in [-0.2, 0) is 30.5 Å². The molecule has 4 N–H and O–H groups in total. The number of carbonyl (C=O) groups is 3. The minimum absolute atomic E-state index is 0.0290. The van der Waals surface area contributed by atoms with Crippen molar-refractivity contribution < 1.29 is 34.1 Å². The van der Waals surface area contributed by atoms with Gasteiger partial charge in [-0.2, -0.15) is 0 Å². The molecule has 3 aliphatic heterocycles. The quantitative estimate of drug-likeness (QED) is 0.240. The summed E-state index contributed by atoms with van der Waals surface area (Å²) in [4.78, 5) is 40.7. The maximum atomic E-state index is 13.2. The Hall–Kier alpha value is -4.29. The molecule has 3 fully saturated rings. The molecule has 3 aromatic rings. The first-order valence-electron chi connectivity index (χ1n) is 16.3. The number of nitrogens with zero attached hydrogens (tertiary/aromatic N) is 2. The third-order valence-electron chi connectivity index (χ3n) is 9.43. The molecule has 248 valence electrons. The molecule has 3 aliphatic rings. The number of nitrogens with one attached hydrogen (secondary N) is 2. The second-order valence-electron chi connectivity index (χ2n) is 12.5. The lowest BCUT2D eigenvalue weighted by Gasteiger charge is -2.45. The highest BCUT2D eigenvalue weighted by Crippen LogP contribution is 2.40. The van der Waals surface area contributed by atoms with Gasteiger partial charge in [0.15, 0.2) is 6.29 Å². The summed E-state index contributed by atoms with van der Waals surface area (Å²) < 4.78 is 13.1. The van der Waals surface area contributed by atoms with Crippen LogP contribution in [0.1, 0.15) is 67.6 Å². The van der Waals surface area contributed by atoms with Crippen LogP contribution in [0.2, 0.25) is 0 Å². The molecule has 0 radical (unpaired) electrons. The molecule has 11 nitrogen and oxygen atoms in total. The van der Waals surface area contributed by atoms with Crippen LogP contribution in [0.4, 0.5) is 11.4 Å². The van der Waals surface area contributed by atoms with E-state index in [1.807, 2.05) is 54.6 Å². The van der Waals surface area contributed by atoms with Crippen LogP contribution in [0.3, 0.4) is 0 Å². The third kappa shape index (κ3) is 7.65. The lowest BCUT2D eigenvalue weighted by molar-refractivity contribution is -0.253. The monoisotopic (exact) mass is 642 g/mol. The van der Waals surface area contributed by atoms with Crippen LogP contribution in [0.5, 0.6) is 0 Å². The first kappa shape index (κ1) is 32.6. The summed E-state index contributed by atoms with van der Waals surface area (Å²) in [6, 6.07) is 25.2.